The molecule has 0 aromatic heterocycles. The van der Waals surface area contributed by atoms with E-state index >= 15 is 0 Å². The van der Waals surface area contributed by atoms with E-state index in [0.29, 0.717) is 18.5 Å². The number of rotatable bonds is 8. The normalized spacial score (nSPS) is 21.4. The van der Waals surface area contributed by atoms with Gasteiger partial charge in [-0.15, -0.1) is 24.8 Å². The van der Waals surface area contributed by atoms with Crippen LogP contribution >= 0.6 is 24.8 Å². The zero-order valence-corrected chi connectivity index (χ0v) is 17.8. The van der Waals surface area contributed by atoms with E-state index in [4.69, 9.17) is 15.2 Å². The van der Waals surface area contributed by atoms with Crippen LogP contribution in [0.15, 0.2) is 0 Å². The molecule has 2 aliphatic rings. The first-order valence-electron chi connectivity index (χ1n) is 9.60. The van der Waals surface area contributed by atoms with Crippen LogP contribution in [0, 0.1) is 11.8 Å². The lowest BCUT2D eigenvalue weighted by Gasteiger charge is -2.39. The van der Waals surface area contributed by atoms with Crippen molar-refractivity contribution in [2.45, 2.75) is 51.6 Å². The van der Waals surface area contributed by atoms with Gasteiger partial charge in [-0.2, -0.15) is 0 Å². The molecule has 0 aromatic carbocycles. The SMILES string of the molecule is CCC(CC)C(CNC(=O)C(N)C1CCOCC1)N1CCOCC1.Cl.Cl. The summed E-state index contributed by atoms with van der Waals surface area (Å²) in [6.45, 7) is 10.0. The van der Waals surface area contributed by atoms with Crippen LogP contribution in [0.25, 0.3) is 0 Å². The third-order valence-corrected chi connectivity index (χ3v) is 5.67. The number of carbonyl (C=O) groups is 1. The van der Waals surface area contributed by atoms with Crippen molar-refractivity contribution >= 4 is 30.7 Å². The lowest BCUT2D eigenvalue weighted by atomic mass is 9.90. The summed E-state index contributed by atoms with van der Waals surface area (Å²) in [5, 5.41) is 3.14. The molecule has 6 nitrogen and oxygen atoms in total. The van der Waals surface area contributed by atoms with E-state index in [2.05, 4.69) is 24.1 Å². The Morgan fingerprint density at radius 2 is 1.62 bits per heavy atom. The van der Waals surface area contributed by atoms with Crippen molar-refractivity contribution in [1.29, 1.82) is 0 Å². The lowest BCUT2D eigenvalue weighted by Crippen LogP contribution is -2.54. The first kappa shape index (κ1) is 25.9. The fourth-order valence-electron chi connectivity index (χ4n) is 3.95. The van der Waals surface area contributed by atoms with Crippen LogP contribution in [0.3, 0.4) is 0 Å². The molecule has 2 saturated heterocycles. The van der Waals surface area contributed by atoms with E-state index < -0.39 is 6.04 Å². The first-order valence-corrected chi connectivity index (χ1v) is 9.60. The number of nitrogens with zero attached hydrogens (tertiary/aromatic N) is 1. The summed E-state index contributed by atoms with van der Waals surface area (Å²) in [4.78, 5) is 15.0. The zero-order valence-electron chi connectivity index (χ0n) is 16.2. The average molecular weight is 414 g/mol. The Hall–Kier alpha value is -0.110. The fourth-order valence-corrected chi connectivity index (χ4v) is 3.95. The second-order valence-electron chi connectivity index (χ2n) is 7.01. The molecule has 2 fully saturated rings. The van der Waals surface area contributed by atoms with Crippen molar-refractivity contribution < 1.29 is 14.3 Å². The van der Waals surface area contributed by atoms with E-state index in [1.807, 2.05) is 0 Å². The molecule has 2 atom stereocenters. The Labute approximate surface area is 170 Å². The molecule has 0 saturated carbocycles. The second-order valence-corrected chi connectivity index (χ2v) is 7.01. The molecule has 0 aromatic rings. The highest BCUT2D eigenvalue weighted by molar-refractivity contribution is 5.85. The maximum Gasteiger partial charge on any atom is 0.237 e. The van der Waals surface area contributed by atoms with Crippen LogP contribution in [0.1, 0.15) is 39.5 Å². The predicted molar refractivity (Wildman–Crippen MR) is 109 cm³/mol. The summed E-state index contributed by atoms with van der Waals surface area (Å²) < 4.78 is 10.8. The van der Waals surface area contributed by atoms with Crippen LogP contribution in [-0.4, -0.2) is 69.0 Å². The number of carbonyl (C=O) groups excluding carboxylic acids is 1. The molecular weight excluding hydrogens is 377 g/mol. The molecule has 1 amide bonds. The van der Waals surface area contributed by atoms with Gasteiger partial charge in [0.1, 0.15) is 0 Å². The Bertz CT molecular complexity index is 375. The van der Waals surface area contributed by atoms with Crippen LogP contribution in [0.4, 0.5) is 0 Å². The molecule has 2 heterocycles. The monoisotopic (exact) mass is 413 g/mol. The molecule has 0 bridgehead atoms. The smallest absolute Gasteiger partial charge is 0.237 e. The van der Waals surface area contributed by atoms with E-state index in [1.165, 1.54) is 0 Å². The number of nitrogens with one attached hydrogen (secondary N) is 1. The topological polar surface area (TPSA) is 76.8 Å². The molecule has 2 aliphatic heterocycles. The number of ether oxygens (including phenoxy) is 2. The molecule has 2 rings (SSSR count). The summed E-state index contributed by atoms with van der Waals surface area (Å²) in [5.74, 6) is 0.822. The van der Waals surface area contributed by atoms with Crippen LogP contribution in [-0.2, 0) is 14.3 Å². The van der Waals surface area contributed by atoms with Crippen molar-refractivity contribution in [2.75, 3.05) is 46.1 Å². The highest BCUT2D eigenvalue weighted by atomic mass is 35.5. The van der Waals surface area contributed by atoms with Gasteiger partial charge in [-0.05, 0) is 24.7 Å². The lowest BCUT2D eigenvalue weighted by molar-refractivity contribution is -0.124. The van der Waals surface area contributed by atoms with E-state index in [1.54, 1.807) is 0 Å². The maximum absolute atomic E-state index is 12.5. The van der Waals surface area contributed by atoms with Gasteiger partial charge < -0.3 is 20.5 Å². The second kappa shape index (κ2) is 14.0. The van der Waals surface area contributed by atoms with Crippen molar-refractivity contribution in [2.24, 2.45) is 17.6 Å². The molecular formula is C18H37Cl2N3O3. The molecule has 3 N–H and O–H groups in total. The summed E-state index contributed by atoms with van der Waals surface area (Å²) in [6.07, 6.45) is 4.02. The highest BCUT2D eigenvalue weighted by Gasteiger charge is 2.30. The molecule has 26 heavy (non-hydrogen) atoms. The maximum atomic E-state index is 12.5. The van der Waals surface area contributed by atoms with Gasteiger partial charge in [0.05, 0.1) is 19.3 Å². The molecule has 8 heteroatoms. The van der Waals surface area contributed by atoms with Gasteiger partial charge in [0, 0.05) is 38.9 Å². The number of morpholine rings is 1. The zero-order chi connectivity index (χ0) is 17.4. The van der Waals surface area contributed by atoms with Crippen LogP contribution in [0.5, 0.6) is 0 Å². The van der Waals surface area contributed by atoms with Crippen molar-refractivity contribution in [1.82, 2.24) is 10.2 Å². The average Bonchev–Trinajstić information content (AvgIpc) is 2.65. The van der Waals surface area contributed by atoms with Crippen molar-refractivity contribution in [3.63, 3.8) is 0 Å². The van der Waals surface area contributed by atoms with Gasteiger partial charge in [-0.1, -0.05) is 26.7 Å². The number of hydrogen-bond donors (Lipinski definition) is 2. The Morgan fingerprint density at radius 3 is 2.15 bits per heavy atom. The van der Waals surface area contributed by atoms with Gasteiger partial charge in [0.15, 0.2) is 0 Å². The largest absolute Gasteiger partial charge is 0.381 e. The molecule has 156 valence electrons. The van der Waals surface area contributed by atoms with E-state index in [-0.39, 0.29) is 36.6 Å². The summed E-state index contributed by atoms with van der Waals surface area (Å²) in [5.41, 5.74) is 6.20. The van der Waals surface area contributed by atoms with Crippen LogP contribution in [0.2, 0.25) is 0 Å². The van der Waals surface area contributed by atoms with E-state index in [0.717, 1.165) is 65.2 Å². The molecule has 0 aliphatic carbocycles. The Kier molecular flexibility index (Phi) is 13.9. The molecule has 2 unspecified atom stereocenters. The quantitative estimate of drug-likeness (QED) is 0.634. The van der Waals surface area contributed by atoms with Crippen molar-refractivity contribution in [3.8, 4) is 0 Å². The van der Waals surface area contributed by atoms with Gasteiger partial charge in [-0.3, -0.25) is 9.69 Å². The van der Waals surface area contributed by atoms with Crippen molar-refractivity contribution in [3.05, 3.63) is 0 Å². The van der Waals surface area contributed by atoms with Crippen LogP contribution < -0.4 is 11.1 Å². The number of nitrogens with two attached hydrogens (primary N) is 1. The first-order chi connectivity index (χ1) is 11.7. The number of halogens is 2. The Balaban J connectivity index is 0.00000312. The third-order valence-electron chi connectivity index (χ3n) is 5.67. The minimum Gasteiger partial charge on any atom is -0.381 e. The van der Waals surface area contributed by atoms with Gasteiger partial charge >= 0.3 is 0 Å². The molecule has 0 radical (unpaired) electrons. The minimum atomic E-state index is -0.416. The minimum absolute atomic E-state index is 0. The number of amides is 1. The highest BCUT2D eigenvalue weighted by Crippen LogP contribution is 2.20. The summed E-state index contributed by atoms with van der Waals surface area (Å²) in [7, 11) is 0. The van der Waals surface area contributed by atoms with Gasteiger partial charge in [0.2, 0.25) is 5.91 Å². The van der Waals surface area contributed by atoms with Gasteiger partial charge in [-0.25, -0.2) is 0 Å². The summed E-state index contributed by atoms with van der Waals surface area (Å²) in [6, 6.07) is -0.0457. The van der Waals surface area contributed by atoms with E-state index in [9.17, 15) is 4.79 Å². The Morgan fingerprint density at radius 1 is 1.08 bits per heavy atom. The van der Waals surface area contributed by atoms with Gasteiger partial charge in [0.25, 0.3) is 0 Å². The fraction of sp³-hybridized carbons (Fsp3) is 0.944. The summed E-state index contributed by atoms with van der Waals surface area (Å²) >= 11 is 0. The predicted octanol–water partition coefficient (Wildman–Crippen LogP) is 1.84. The number of hydrogen-bond acceptors (Lipinski definition) is 5. The molecule has 0 spiro atoms. The third kappa shape index (κ3) is 7.49. The standard InChI is InChI=1S/C18H35N3O3.2ClH/c1-3-14(4-2)16(21-7-11-24-12-8-21)13-20-18(22)17(19)15-5-9-23-10-6-15;;/h14-17H,3-13,19H2,1-2H3,(H,20,22);2*1H.